The predicted octanol–water partition coefficient (Wildman–Crippen LogP) is 0.951. The summed E-state index contributed by atoms with van der Waals surface area (Å²) in [6.45, 7) is 4.25. The van der Waals surface area contributed by atoms with E-state index in [9.17, 15) is 0 Å². The Morgan fingerprint density at radius 2 is 2.31 bits per heavy atom. The average molecular weight is 229 g/mol. The van der Waals surface area contributed by atoms with E-state index in [-0.39, 0.29) is 5.60 Å². The lowest BCUT2D eigenvalue weighted by Gasteiger charge is -2.28. The van der Waals surface area contributed by atoms with Gasteiger partial charge in [0.15, 0.2) is 0 Å². The van der Waals surface area contributed by atoms with Crippen molar-refractivity contribution in [3.8, 4) is 0 Å². The average Bonchev–Trinajstić information content (AvgIpc) is 2.80. The summed E-state index contributed by atoms with van der Waals surface area (Å²) in [7, 11) is 1.77. The van der Waals surface area contributed by atoms with Gasteiger partial charge in [-0.1, -0.05) is 0 Å². The Morgan fingerprint density at radius 1 is 1.38 bits per heavy atom. The van der Waals surface area contributed by atoms with E-state index in [0.29, 0.717) is 12.7 Å². The van der Waals surface area contributed by atoms with Crippen molar-refractivity contribution in [3.63, 3.8) is 0 Å². The molecule has 0 amide bonds. The van der Waals surface area contributed by atoms with Crippen LogP contribution in [-0.4, -0.2) is 51.7 Å². The van der Waals surface area contributed by atoms with Gasteiger partial charge < -0.3 is 19.5 Å². The zero-order chi connectivity index (χ0) is 11.3. The van der Waals surface area contributed by atoms with Crippen LogP contribution in [0, 0.1) is 0 Å². The van der Waals surface area contributed by atoms with E-state index in [2.05, 4.69) is 5.32 Å². The van der Waals surface area contributed by atoms with Crippen LogP contribution in [0.1, 0.15) is 25.7 Å². The Bertz CT molecular complexity index is 198. The molecule has 2 rings (SSSR count). The fourth-order valence-corrected chi connectivity index (χ4v) is 2.39. The molecule has 94 valence electrons. The highest BCUT2D eigenvalue weighted by Gasteiger charge is 2.34. The van der Waals surface area contributed by atoms with Crippen molar-refractivity contribution < 1.29 is 14.2 Å². The van der Waals surface area contributed by atoms with Gasteiger partial charge in [0.2, 0.25) is 0 Å². The van der Waals surface area contributed by atoms with E-state index in [0.717, 1.165) is 32.7 Å². The maximum atomic E-state index is 5.67. The first-order valence-electron chi connectivity index (χ1n) is 6.30. The molecule has 0 saturated carbocycles. The third-order valence-electron chi connectivity index (χ3n) is 3.59. The summed E-state index contributed by atoms with van der Waals surface area (Å²) in [6, 6.07) is 0. The van der Waals surface area contributed by atoms with Crippen LogP contribution in [0.25, 0.3) is 0 Å². The summed E-state index contributed by atoms with van der Waals surface area (Å²) in [5.41, 5.74) is -0.103. The molecule has 0 aromatic carbocycles. The van der Waals surface area contributed by atoms with Gasteiger partial charge >= 0.3 is 0 Å². The number of hydrogen-bond acceptors (Lipinski definition) is 4. The van der Waals surface area contributed by atoms with Gasteiger partial charge in [0, 0.05) is 39.8 Å². The van der Waals surface area contributed by atoms with E-state index in [4.69, 9.17) is 14.2 Å². The van der Waals surface area contributed by atoms with Gasteiger partial charge in [0.25, 0.3) is 0 Å². The van der Waals surface area contributed by atoms with Crippen molar-refractivity contribution in [2.75, 3.05) is 40.0 Å². The summed E-state index contributed by atoms with van der Waals surface area (Å²) < 4.78 is 16.6. The lowest BCUT2D eigenvalue weighted by atomic mass is 10.0. The smallest absolute Gasteiger partial charge is 0.106 e. The normalized spacial score (nSPS) is 35.4. The summed E-state index contributed by atoms with van der Waals surface area (Å²) in [5, 5.41) is 3.46. The molecule has 2 atom stereocenters. The minimum absolute atomic E-state index is 0.103. The van der Waals surface area contributed by atoms with Crippen LogP contribution < -0.4 is 5.32 Å². The third kappa shape index (κ3) is 3.17. The molecule has 0 aliphatic carbocycles. The van der Waals surface area contributed by atoms with Crippen LogP contribution in [-0.2, 0) is 14.2 Å². The number of rotatable bonds is 5. The van der Waals surface area contributed by atoms with Gasteiger partial charge in [-0.15, -0.1) is 0 Å². The molecular formula is C12H23NO3. The van der Waals surface area contributed by atoms with Crippen molar-refractivity contribution in [3.05, 3.63) is 0 Å². The maximum absolute atomic E-state index is 5.67. The van der Waals surface area contributed by atoms with Crippen molar-refractivity contribution in [2.45, 2.75) is 37.4 Å². The summed E-state index contributed by atoms with van der Waals surface area (Å²) >= 11 is 0. The second kappa shape index (κ2) is 5.96. The standard InChI is InChI=1S/C12H23NO3/c1-14-12(5-7-15-10-12)9-13-8-11-4-2-3-6-16-11/h11,13H,2-10H2,1H3. The quantitative estimate of drug-likeness (QED) is 0.762. The molecule has 0 aromatic heterocycles. The fourth-order valence-electron chi connectivity index (χ4n) is 2.39. The first kappa shape index (κ1) is 12.3. The van der Waals surface area contributed by atoms with Crippen molar-refractivity contribution in [2.24, 2.45) is 0 Å². The Labute approximate surface area is 97.6 Å². The molecule has 0 spiro atoms. The van der Waals surface area contributed by atoms with Crippen molar-refractivity contribution in [1.29, 1.82) is 0 Å². The van der Waals surface area contributed by atoms with Crippen LogP contribution in [0.15, 0.2) is 0 Å². The molecule has 16 heavy (non-hydrogen) atoms. The maximum Gasteiger partial charge on any atom is 0.106 e. The third-order valence-corrected chi connectivity index (χ3v) is 3.59. The van der Waals surface area contributed by atoms with Crippen LogP contribution in [0.5, 0.6) is 0 Å². The second-order valence-corrected chi connectivity index (χ2v) is 4.81. The Hall–Kier alpha value is -0.160. The van der Waals surface area contributed by atoms with Gasteiger partial charge in [0.05, 0.1) is 12.7 Å². The van der Waals surface area contributed by atoms with E-state index in [1.807, 2.05) is 0 Å². The number of hydrogen-bond donors (Lipinski definition) is 1. The minimum atomic E-state index is -0.103. The SMILES string of the molecule is COC1(CNCC2CCCCO2)CCOC1. The van der Waals surface area contributed by atoms with Crippen molar-refractivity contribution >= 4 is 0 Å². The molecular weight excluding hydrogens is 206 g/mol. The Balaban J connectivity index is 1.66. The largest absolute Gasteiger partial charge is 0.378 e. The molecule has 0 aromatic rings. The molecule has 2 heterocycles. The number of nitrogens with one attached hydrogen (secondary N) is 1. The van der Waals surface area contributed by atoms with E-state index < -0.39 is 0 Å². The zero-order valence-corrected chi connectivity index (χ0v) is 10.2. The Morgan fingerprint density at radius 3 is 2.94 bits per heavy atom. The van der Waals surface area contributed by atoms with Gasteiger partial charge in [-0.3, -0.25) is 0 Å². The zero-order valence-electron chi connectivity index (χ0n) is 10.2. The van der Waals surface area contributed by atoms with Crippen LogP contribution in [0.2, 0.25) is 0 Å². The predicted molar refractivity (Wildman–Crippen MR) is 61.6 cm³/mol. The molecule has 2 saturated heterocycles. The minimum Gasteiger partial charge on any atom is -0.378 e. The molecule has 0 radical (unpaired) electrons. The fraction of sp³-hybridized carbons (Fsp3) is 1.00. The molecule has 2 aliphatic rings. The summed E-state index contributed by atoms with van der Waals surface area (Å²) in [6.07, 6.45) is 5.08. The topological polar surface area (TPSA) is 39.7 Å². The molecule has 1 N–H and O–H groups in total. The van der Waals surface area contributed by atoms with Gasteiger partial charge in [-0.05, 0) is 19.3 Å². The first-order valence-corrected chi connectivity index (χ1v) is 6.30. The van der Waals surface area contributed by atoms with Gasteiger partial charge in [-0.25, -0.2) is 0 Å². The van der Waals surface area contributed by atoms with E-state index >= 15 is 0 Å². The highest BCUT2D eigenvalue weighted by molar-refractivity contribution is 4.87. The van der Waals surface area contributed by atoms with Gasteiger partial charge in [0.1, 0.15) is 5.60 Å². The molecule has 2 fully saturated rings. The van der Waals surface area contributed by atoms with Crippen molar-refractivity contribution in [1.82, 2.24) is 5.32 Å². The number of ether oxygens (including phenoxy) is 3. The summed E-state index contributed by atoms with van der Waals surface area (Å²) in [4.78, 5) is 0. The highest BCUT2D eigenvalue weighted by atomic mass is 16.5. The molecule has 2 unspecified atom stereocenters. The highest BCUT2D eigenvalue weighted by Crippen LogP contribution is 2.21. The molecule has 2 aliphatic heterocycles. The first-order chi connectivity index (χ1) is 7.85. The van der Waals surface area contributed by atoms with E-state index in [1.165, 1.54) is 19.3 Å². The van der Waals surface area contributed by atoms with Gasteiger partial charge in [-0.2, -0.15) is 0 Å². The summed E-state index contributed by atoms with van der Waals surface area (Å²) in [5.74, 6) is 0. The lowest BCUT2D eigenvalue weighted by Crippen LogP contribution is -2.45. The molecule has 0 bridgehead atoms. The lowest BCUT2D eigenvalue weighted by molar-refractivity contribution is -0.0231. The molecule has 4 nitrogen and oxygen atoms in total. The van der Waals surface area contributed by atoms with Crippen LogP contribution in [0.4, 0.5) is 0 Å². The molecule has 4 heteroatoms. The van der Waals surface area contributed by atoms with Crippen LogP contribution in [0.3, 0.4) is 0 Å². The van der Waals surface area contributed by atoms with Crippen LogP contribution >= 0.6 is 0 Å². The number of methoxy groups -OCH3 is 1. The van der Waals surface area contributed by atoms with E-state index in [1.54, 1.807) is 7.11 Å². The monoisotopic (exact) mass is 229 g/mol. The second-order valence-electron chi connectivity index (χ2n) is 4.81. The Kier molecular flexibility index (Phi) is 4.58.